The smallest absolute Gasteiger partial charge is 0.265 e. The molecule has 23 heavy (non-hydrogen) atoms. The highest BCUT2D eigenvalue weighted by Crippen LogP contribution is 2.40. The molecule has 0 radical (unpaired) electrons. The number of oxazole rings is 1. The molecule has 3 aromatic rings. The fraction of sp³-hybridized carbons (Fsp3) is 0.188. The molecule has 1 aromatic carbocycles. The van der Waals surface area contributed by atoms with E-state index in [2.05, 4.69) is 10.3 Å². The predicted molar refractivity (Wildman–Crippen MR) is 86.8 cm³/mol. The molecular formula is C16H13N3O3S. The van der Waals surface area contributed by atoms with Gasteiger partial charge in [0.15, 0.2) is 11.5 Å². The molecule has 0 spiro atoms. The molecule has 2 heterocycles. The lowest BCUT2D eigenvalue weighted by atomic mass is 10.3. The minimum atomic E-state index is -0.536. The lowest BCUT2D eigenvalue weighted by molar-refractivity contribution is 0.100. The van der Waals surface area contributed by atoms with Crippen LogP contribution in [0.15, 0.2) is 34.7 Å². The van der Waals surface area contributed by atoms with Crippen molar-refractivity contribution in [3.05, 3.63) is 46.0 Å². The number of fused-ring (bicyclic) bond motifs is 1. The molecule has 2 aromatic heterocycles. The molecule has 0 bridgehead atoms. The van der Waals surface area contributed by atoms with E-state index >= 15 is 0 Å². The summed E-state index contributed by atoms with van der Waals surface area (Å²) in [5.41, 5.74) is 7.28. The highest BCUT2D eigenvalue weighted by molar-refractivity contribution is 7.16. The number of hydrogen-bond acceptors (Lipinski definition) is 5. The number of rotatable bonds is 4. The Morgan fingerprint density at radius 1 is 1.22 bits per heavy atom. The molecule has 116 valence electrons. The van der Waals surface area contributed by atoms with Gasteiger partial charge < -0.3 is 15.5 Å². The summed E-state index contributed by atoms with van der Waals surface area (Å²) >= 11 is 1.07. The Bertz CT molecular complexity index is 924. The van der Waals surface area contributed by atoms with Gasteiger partial charge in [-0.05, 0) is 43.2 Å². The third-order valence-electron chi connectivity index (χ3n) is 3.66. The zero-order valence-electron chi connectivity index (χ0n) is 12.0. The largest absolute Gasteiger partial charge is 0.440 e. The van der Waals surface area contributed by atoms with Gasteiger partial charge in [-0.3, -0.25) is 9.59 Å². The van der Waals surface area contributed by atoms with Gasteiger partial charge in [0.2, 0.25) is 0 Å². The van der Waals surface area contributed by atoms with Crippen LogP contribution in [0.4, 0.5) is 5.69 Å². The molecular weight excluding hydrogens is 314 g/mol. The van der Waals surface area contributed by atoms with Crippen LogP contribution in [-0.2, 0) is 0 Å². The van der Waals surface area contributed by atoms with Gasteiger partial charge in [0, 0.05) is 11.6 Å². The van der Waals surface area contributed by atoms with E-state index in [0.717, 1.165) is 41.2 Å². The second-order valence-electron chi connectivity index (χ2n) is 5.49. The van der Waals surface area contributed by atoms with Crippen LogP contribution in [0.5, 0.6) is 0 Å². The van der Waals surface area contributed by atoms with E-state index in [-0.39, 0.29) is 5.91 Å². The molecule has 1 aliphatic carbocycles. The summed E-state index contributed by atoms with van der Waals surface area (Å²) < 4.78 is 5.69. The van der Waals surface area contributed by atoms with Crippen molar-refractivity contribution in [1.29, 1.82) is 0 Å². The van der Waals surface area contributed by atoms with Crippen LogP contribution in [-0.4, -0.2) is 16.8 Å². The fourth-order valence-corrected chi connectivity index (χ4v) is 3.07. The molecule has 0 aliphatic heterocycles. The standard InChI is InChI=1S/C16H13N3O3S/c17-14(20)12-5-6-13(23-12)15(21)18-9-3-4-11-10(7-9)19-16(22-11)8-1-2-8/h3-8H,1-2H2,(H2,17,20)(H,18,21). The molecule has 0 unspecified atom stereocenters. The number of amides is 2. The average Bonchev–Trinajstić information content (AvgIpc) is 3.10. The van der Waals surface area contributed by atoms with Crippen molar-refractivity contribution in [2.75, 3.05) is 5.32 Å². The summed E-state index contributed by atoms with van der Waals surface area (Å²) in [6.07, 6.45) is 2.24. The Balaban J connectivity index is 1.56. The van der Waals surface area contributed by atoms with Crippen LogP contribution in [0.2, 0.25) is 0 Å². The van der Waals surface area contributed by atoms with Gasteiger partial charge in [-0.25, -0.2) is 4.98 Å². The number of nitrogens with one attached hydrogen (secondary N) is 1. The Labute approximate surface area is 135 Å². The quantitative estimate of drug-likeness (QED) is 0.769. The molecule has 2 amide bonds. The zero-order chi connectivity index (χ0) is 16.0. The van der Waals surface area contributed by atoms with Gasteiger partial charge >= 0.3 is 0 Å². The van der Waals surface area contributed by atoms with Crippen molar-refractivity contribution in [3.8, 4) is 0 Å². The Morgan fingerprint density at radius 3 is 2.70 bits per heavy atom. The van der Waals surface area contributed by atoms with Crippen LogP contribution in [0.1, 0.15) is 44.0 Å². The summed E-state index contributed by atoms with van der Waals surface area (Å²) in [6.45, 7) is 0. The van der Waals surface area contributed by atoms with Crippen LogP contribution in [0.25, 0.3) is 11.1 Å². The van der Waals surface area contributed by atoms with Crippen molar-refractivity contribution in [2.45, 2.75) is 18.8 Å². The normalized spacial score (nSPS) is 14.1. The predicted octanol–water partition coefficient (Wildman–Crippen LogP) is 3.12. The highest BCUT2D eigenvalue weighted by atomic mass is 32.1. The first-order valence-electron chi connectivity index (χ1n) is 7.21. The first kappa shape index (κ1) is 14.0. The van der Waals surface area contributed by atoms with Gasteiger partial charge in [0.25, 0.3) is 11.8 Å². The highest BCUT2D eigenvalue weighted by Gasteiger charge is 2.28. The molecule has 4 rings (SSSR count). The second kappa shape index (κ2) is 5.20. The number of carbonyl (C=O) groups is 2. The Morgan fingerprint density at radius 2 is 2.00 bits per heavy atom. The number of nitrogens with two attached hydrogens (primary N) is 1. The first-order chi connectivity index (χ1) is 11.1. The fourth-order valence-electron chi connectivity index (χ4n) is 2.31. The number of aromatic nitrogens is 1. The molecule has 7 heteroatoms. The maximum Gasteiger partial charge on any atom is 0.265 e. The molecule has 0 saturated heterocycles. The van der Waals surface area contributed by atoms with E-state index in [4.69, 9.17) is 10.2 Å². The van der Waals surface area contributed by atoms with E-state index in [1.807, 2.05) is 0 Å². The maximum atomic E-state index is 12.2. The molecule has 1 fully saturated rings. The molecule has 3 N–H and O–H groups in total. The van der Waals surface area contributed by atoms with E-state index < -0.39 is 5.91 Å². The Kier molecular flexibility index (Phi) is 3.16. The minimum absolute atomic E-state index is 0.284. The van der Waals surface area contributed by atoms with Crippen molar-refractivity contribution in [2.24, 2.45) is 5.73 Å². The van der Waals surface area contributed by atoms with Crippen LogP contribution in [0.3, 0.4) is 0 Å². The summed E-state index contributed by atoms with van der Waals surface area (Å²) in [5, 5.41) is 2.79. The summed E-state index contributed by atoms with van der Waals surface area (Å²) in [5.74, 6) is 0.394. The van der Waals surface area contributed by atoms with Gasteiger partial charge in [0.05, 0.1) is 9.75 Å². The van der Waals surface area contributed by atoms with Gasteiger partial charge in [-0.2, -0.15) is 0 Å². The maximum absolute atomic E-state index is 12.2. The molecule has 6 nitrogen and oxygen atoms in total. The van der Waals surface area contributed by atoms with Crippen molar-refractivity contribution >= 4 is 39.9 Å². The van der Waals surface area contributed by atoms with Crippen LogP contribution < -0.4 is 11.1 Å². The molecule has 0 atom stereocenters. The monoisotopic (exact) mass is 327 g/mol. The van der Waals surface area contributed by atoms with E-state index in [1.165, 1.54) is 0 Å². The van der Waals surface area contributed by atoms with Crippen molar-refractivity contribution in [3.63, 3.8) is 0 Å². The first-order valence-corrected chi connectivity index (χ1v) is 8.03. The van der Waals surface area contributed by atoms with Gasteiger partial charge in [-0.15, -0.1) is 11.3 Å². The van der Waals surface area contributed by atoms with E-state index in [9.17, 15) is 9.59 Å². The molecule has 1 aliphatic rings. The summed E-state index contributed by atoms with van der Waals surface area (Å²) in [7, 11) is 0. The van der Waals surface area contributed by atoms with Crippen LogP contribution >= 0.6 is 11.3 Å². The topological polar surface area (TPSA) is 98.2 Å². The summed E-state index contributed by atoms with van der Waals surface area (Å²) in [4.78, 5) is 28.6. The average molecular weight is 327 g/mol. The van der Waals surface area contributed by atoms with Crippen molar-refractivity contribution < 1.29 is 14.0 Å². The Hall–Kier alpha value is -2.67. The van der Waals surface area contributed by atoms with Crippen molar-refractivity contribution in [1.82, 2.24) is 4.98 Å². The second-order valence-corrected chi connectivity index (χ2v) is 6.57. The minimum Gasteiger partial charge on any atom is -0.440 e. The zero-order valence-corrected chi connectivity index (χ0v) is 12.9. The number of nitrogens with zero attached hydrogens (tertiary/aromatic N) is 1. The number of thiophene rings is 1. The van der Waals surface area contributed by atoms with Crippen LogP contribution in [0, 0.1) is 0 Å². The lowest BCUT2D eigenvalue weighted by Gasteiger charge is -2.02. The van der Waals surface area contributed by atoms with Gasteiger partial charge in [0.1, 0.15) is 5.52 Å². The number of carbonyl (C=O) groups excluding carboxylic acids is 2. The van der Waals surface area contributed by atoms with E-state index in [0.29, 0.717) is 21.4 Å². The summed E-state index contributed by atoms with van der Waals surface area (Å²) in [6, 6.07) is 8.48. The third kappa shape index (κ3) is 2.70. The number of benzene rings is 1. The van der Waals surface area contributed by atoms with E-state index in [1.54, 1.807) is 30.3 Å². The van der Waals surface area contributed by atoms with Gasteiger partial charge in [-0.1, -0.05) is 0 Å². The number of anilines is 1. The lowest BCUT2D eigenvalue weighted by Crippen LogP contribution is -2.10. The number of hydrogen-bond donors (Lipinski definition) is 2. The number of primary amides is 1. The molecule has 1 saturated carbocycles. The third-order valence-corrected chi connectivity index (χ3v) is 4.76. The SMILES string of the molecule is NC(=O)c1ccc(C(=O)Nc2ccc3oc(C4CC4)nc3c2)s1.